The molecular weight excluding hydrogens is 332 g/mol. The van der Waals surface area contributed by atoms with Crippen LogP contribution in [0.2, 0.25) is 0 Å². The molecule has 0 bridgehead atoms. The molecule has 2 aliphatic heterocycles. The molecule has 2 heterocycles. The van der Waals surface area contributed by atoms with Gasteiger partial charge < -0.3 is 19.7 Å². The van der Waals surface area contributed by atoms with Crippen molar-refractivity contribution >= 4 is 23.2 Å². The van der Waals surface area contributed by atoms with Crippen molar-refractivity contribution in [2.75, 3.05) is 23.6 Å². The summed E-state index contributed by atoms with van der Waals surface area (Å²) in [5, 5.41) is 2.92. The second kappa shape index (κ2) is 6.71. The molecule has 26 heavy (non-hydrogen) atoms. The zero-order chi connectivity index (χ0) is 18.1. The summed E-state index contributed by atoms with van der Waals surface area (Å²) in [6, 6.07) is 11.5. The van der Waals surface area contributed by atoms with E-state index >= 15 is 0 Å². The van der Waals surface area contributed by atoms with Crippen LogP contribution < -0.4 is 19.7 Å². The van der Waals surface area contributed by atoms with Crippen LogP contribution in [0.4, 0.5) is 11.4 Å². The number of fused-ring (bicyclic) bond motifs is 2. The van der Waals surface area contributed by atoms with E-state index in [1.54, 1.807) is 11.8 Å². The molecule has 2 aromatic carbocycles. The molecule has 6 nitrogen and oxygen atoms in total. The van der Waals surface area contributed by atoms with Crippen molar-refractivity contribution in [3.05, 3.63) is 47.5 Å². The first kappa shape index (κ1) is 16.4. The third kappa shape index (κ3) is 3.22. The Morgan fingerprint density at radius 3 is 2.81 bits per heavy atom. The Hall–Kier alpha value is -3.02. The number of benzene rings is 2. The molecule has 0 atom stereocenters. The van der Waals surface area contributed by atoms with E-state index in [4.69, 9.17) is 9.47 Å². The number of nitrogens with zero attached hydrogens (tertiary/aromatic N) is 1. The van der Waals surface area contributed by atoms with Crippen LogP contribution in [0.3, 0.4) is 0 Å². The van der Waals surface area contributed by atoms with Crippen LogP contribution in [-0.2, 0) is 22.4 Å². The standard InChI is InChI=1S/C20H20N2O4/c1-13(23)22-9-8-15-4-5-16(11-17(15)22)21-20(24)7-3-14-2-6-18-19(10-14)26-12-25-18/h2,4-6,10-11H,3,7-9,12H2,1H3,(H,21,24). The molecule has 0 saturated carbocycles. The van der Waals surface area contributed by atoms with Crippen LogP contribution in [0.15, 0.2) is 36.4 Å². The highest BCUT2D eigenvalue weighted by Gasteiger charge is 2.22. The number of aryl methyl sites for hydroxylation is 1. The summed E-state index contributed by atoms with van der Waals surface area (Å²) in [7, 11) is 0. The molecule has 0 radical (unpaired) electrons. The van der Waals surface area contributed by atoms with Gasteiger partial charge in [0.25, 0.3) is 0 Å². The average Bonchev–Trinajstić information content (AvgIpc) is 3.25. The molecule has 4 rings (SSSR count). The Labute approximate surface area is 151 Å². The van der Waals surface area contributed by atoms with Gasteiger partial charge in [0, 0.05) is 31.3 Å². The lowest BCUT2D eigenvalue weighted by Crippen LogP contribution is -2.25. The third-order valence-corrected chi connectivity index (χ3v) is 4.72. The molecule has 1 N–H and O–H groups in total. The van der Waals surface area contributed by atoms with E-state index in [1.165, 1.54) is 0 Å². The van der Waals surface area contributed by atoms with Crippen molar-refractivity contribution in [1.82, 2.24) is 0 Å². The first-order valence-electron chi connectivity index (χ1n) is 8.69. The molecule has 2 aromatic rings. The fraction of sp³-hybridized carbons (Fsp3) is 0.300. The number of hydrogen-bond donors (Lipinski definition) is 1. The SMILES string of the molecule is CC(=O)N1CCc2ccc(NC(=O)CCc3ccc4c(c3)OCO4)cc21. The maximum absolute atomic E-state index is 12.3. The molecule has 0 spiro atoms. The van der Waals surface area contributed by atoms with E-state index in [0.717, 1.165) is 34.7 Å². The Balaban J connectivity index is 1.38. The summed E-state index contributed by atoms with van der Waals surface area (Å²) in [5.74, 6) is 1.43. The van der Waals surface area contributed by atoms with Crippen molar-refractivity contribution < 1.29 is 19.1 Å². The number of anilines is 2. The minimum Gasteiger partial charge on any atom is -0.454 e. The number of rotatable bonds is 4. The fourth-order valence-corrected chi connectivity index (χ4v) is 3.36. The topological polar surface area (TPSA) is 67.9 Å². The summed E-state index contributed by atoms with van der Waals surface area (Å²) in [6.07, 6.45) is 1.84. The summed E-state index contributed by atoms with van der Waals surface area (Å²) in [5.41, 5.74) is 3.78. The van der Waals surface area contributed by atoms with E-state index in [9.17, 15) is 9.59 Å². The van der Waals surface area contributed by atoms with Gasteiger partial charge in [-0.3, -0.25) is 9.59 Å². The van der Waals surface area contributed by atoms with Crippen LogP contribution in [0.5, 0.6) is 11.5 Å². The number of carbonyl (C=O) groups is 2. The fourth-order valence-electron chi connectivity index (χ4n) is 3.36. The van der Waals surface area contributed by atoms with Gasteiger partial charge in [0.2, 0.25) is 18.6 Å². The van der Waals surface area contributed by atoms with Gasteiger partial charge in [-0.1, -0.05) is 12.1 Å². The monoisotopic (exact) mass is 352 g/mol. The van der Waals surface area contributed by atoms with Crippen LogP contribution in [0.25, 0.3) is 0 Å². The highest BCUT2D eigenvalue weighted by Crippen LogP contribution is 2.33. The highest BCUT2D eigenvalue weighted by molar-refractivity contribution is 5.96. The summed E-state index contributed by atoms with van der Waals surface area (Å²) >= 11 is 0. The molecule has 0 unspecified atom stereocenters. The lowest BCUT2D eigenvalue weighted by Gasteiger charge is -2.16. The van der Waals surface area contributed by atoms with E-state index in [-0.39, 0.29) is 18.6 Å². The van der Waals surface area contributed by atoms with Crippen LogP contribution in [0, 0.1) is 0 Å². The van der Waals surface area contributed by atoms with Crippen molar-refractivity contribution in [3.8, 4) is 11.5 Å². The second-order valence-corrected chi connectivity index (χ2v) is 6.50. The van der Waals surface area contributed by atoms with Crippen LogP contribution >= 0.6 is 0 Å². The number of amides is 2. The third-order valence-electron chi connectivity index (χ3n) is 4.72. The molecule has 0 saturated heterocycles. The first-order valence-corrected chi connectivity index (χ1v) is 8.69. The van der Waals surface area contributed by atoms with Crippen molar-refractivity contribution in [2.24, 2.45) is 0 Å². The van der Waals surface area contributed by atoms with Crippen LogP contribution in [0.1, 0.15) is 24.5 Å². The van der Waals surface area contributed by atoms with Crippen molar-refractivity contribution in [3.63, 3.8) is 0 Å². The molecule has 6 heteroatoms. The second-order valence-electron chi connectivity index (χ2n) is 6.50. The molecule has 0 aliphatic carbocycles. The maximum atomic E-state index is 12.3. The van der Waals surface area contributed by atoms with E-state index < -0.39 is 0 Å². The predicted molar refractivity (Wildman–Crippen MR) is 97.7 cm³/mol. The van der Waals surface area contributed by atoms with Gasteiger partial charge in [-0.25, -0.2) is 0 Å². The smallest absolute Gasteiger partial charge is 0.231 e. The van der Waals surface area contributed by atoms with Gasteiger partial charge in [0.15, 0.2) is 11.5 Å². The summed E-state index contributed by atoms with van der Waals surface area (Å²) < 4.78 is 10.6. The normalized spacial score (nSPS) is 14.3. The molecule has 2 aliphatic rings. The number of nitrogens with one attached hydrogen (secondary N) is 1. The number of carbonyl (C=O) groups excluding carboxylic acids is 2. The minimum absolute atomic E-state index is 0.0232. The molecular formula is C20H20N2O4. The zero-order valence-corrected chi connectivity index (χ0v) is 14.6. The van der Waals surface area contributed by atoms with Gasteiger partial charge in [-0.15, -0.1) is 0 Å². The van der Waals surface area contributed by atoms with Crippen molar-refractivity contribution in [1.29, 1.82) is 0 Å². The quantitative estimate of drug-likeness (QED) is 0.919. The molecule has 2 amide bonds. The average molecular weight is 352 g/mol. The highest BCUT2D eigenvalue weighted by atomic mass is 16.7. The molecule has 134 valence electrons. The van der Waals surface area contributed by atoms with Gasteiger partial charge in [-0.2, -0.15) is 0 Å². The number of hydrogen-bond acceptors (Lipinski definition) is 4. The van der Waals surface area contributed by atoms with E-state index in [2.05, 4.69) is 5.32 Å². The summed E-state index contributed by atoms with van der Waals surface area (Å²) in [4.78, 5) is 25.7. The van der Waals surface area contributed by atoms with Gasteiger partial charge in [0.1, 0.15) is 0 Å². The van der Waals surface area contributed by atoms with E-state index in [1.807, 2.05) is 36.4 Å². The first-order chi connectivity index (χ1) is 12.6. The Bertz CT molecular complexity index is 878. The van der Waals surface area contributed by atoms with Gasteiger partial charge in [-0.05, 0) is 48.2 Å². The Morgan fingerprint density at radius 1 is 1.12 bits per heavy atom. The lowest BCUT2D eigenvalue weighted by atomic mass is 10.1. The van der Waals surface area contributed by atoms with Crippen LogP contribution in [-0.4, -0.2) is 25.2 Å². The Kier molecular flexibility index (Phi) is 4.24. The predicted octanol–water partition coefficient (Wildman–Crippen LogP) is 2.90. The zero-order valence-electron chi connectivity index (χ0n) is 14.6. The molecule has 0 aromatic heterocycles. The van der Waals surface area contributed by atoms with Crippen molar-refractivity contribution in [2.45, 2.75) is 26.2 Å². The van der Waals surface area contributed by atoms with E-state index in [0.29, 0.717) is 25.1 Å². The summed E-state index contributed by atoms with van der Waals surface area (Å²) in [6.45, 7) is 2.51. The lowest BCUT2D eigenvalue weighted by molar-refractivity contribution is -0.117. The van der Waals surface area contributed by atoms with Gasteiger partial charge >= 0.3 is 0 Å². The van der Waals surface area contributed by atoms with Gasteiger partial charge in [0.05, 0.1) is 0 Å². The largest absolute Gasteiger partial charge is 0.454 e. The Morgan fingerprint density at radius 2 is 1.96 bits per heavy atom. The molecule has 0 fully saturated rings. The number of ether oxygens (including phenoxy) is 2. The maximum Gasteiger partial charge on any atom is 0.231 e. The minimum atomic E-state index is -0.0602.